The van der Waals surface area contributed by atoms with Crippen LogP contribution in [0.3, 0.4) is 0 Å². The maximum atomic E-state index is 11.6. The molecule has 6 nitrogen and oxygen atoms in total. The van der Waals surface area contributed by atoms with Crippen molar-refractivity contribution in [2.75, 3.05) is 18.9 Å². The van der Waals surface area contributed by atoms with Gasteiger partial charge in [-0.3, -0.25) is 5.41 Å². The lowest BCUT2D eigenvalue weighted by atomic mass is 10.3. The molecule has 1 saturated heterocycles. The van der Waals surface area contributed by atoms with E-state index in [1.807, 2.05) is 0 Å². The molecular formula is C9H19N3O3S. The minimum atomic E-state index is -3.25. The van der Waals surface area contributed by atoms with E-state index in [4.69, 9.17) is 15.9 Å². The number of rotatable bonds is 7. The van der Waals surface area contributed by atoms with Crippen LogP contribution >= 0.6 is 0 Å². The molecule has 16 heavy (non-hydrogen) atoms. The van der Waals surface area contributed by atoms with Crippen molar-refractivity contribution >= 4 is 15.9 Å². The van der Waals surface area contributed by atoms with E-state index in [1.165, 1.54) is 0 Å². The second kappa shape index (κ2) is 6.17. The molecule has 0 aromatic carbocycles. The molecular weight excluding hydrogens is 230 g/mol. The quantitative estimate of drug-likeness (QED) is 0.330. The normalized spacial score (nSPS) is 21.1. The molecule has 1 aliphatic heterocycles. The summed E-state index contributed by atoms with van der Waals surface area (Å²) in [6.45, 7) is 0.985. The van der Waals surface area contributed by atoms with Crippen molar-refractivity contribution in [2.24, 2.45) is 5.73 Å². The molecule has 4 N–H and O–H groups in total. The number of sulfonamides is 1. The maximum Gasteiger partial charge on any atom is 0.214 e. The van der Waals surface area contributed by atoms with Crippen LogP contribution in [0.15, 0.2) is 0 Å². The summed E-state index contributed by atoms with van der Waals surface area (Å²) >= 11 is 0. The average Bonchev–Trinajstić information content (AvgIpc) is 2.64. The number of hydrogen-bond acceptors (Lipinski definition) is 4. The van der Waals surface area contributed by atoms with Gasteiger partial charge in [-0.15, -0.1) is 0 Å². The van der Waals surface area contributed by atoms with E-state index in [9.17, 15) is 8.42 Å². The van der Waals surface area contributed by atoms with Gasteiger partial charge in [-0.2, -0.15) is 0 Å². The summed E-state index contributed by atoms with van der Waals surface area (Å²) in [7, 11) is -3.25. The highest BCUT2D eigenvalue weighted by Crippen LogP contribution is 2.13. The van der Waals surface area contributed by atoms with Crippen LogP contribution in [-0.4, -0.2) is 39.3 Å². The molecule has 1 fully saturated rings. The van der Waals surface area contributed by atoms with Crippen LogP contribution in [0.25, 0.3) is 0 Å². The summed E-state index contributed by atoms with van der Waals surface area (Å²) in [5.41, 5.74) is 5.16. The first-order valence-electron chi connectivity index (χ1n) is 5.41. The van der Waals surface area contributed by atoms with Gasteiger partial charge < -0.3 is 10.5 Å². The van der Waals surface area contributed by atoms with Gasteiger partial charge in [0.25, 0.3) is 0 Å². The van der Waals surface area contributed by atoms with Gasteiger partial charge >= 0.3 is 0 Å². The smallest absolute Gasteiger partial charge is 0.214 e. The van der Waals surface area contributed by atoms with Crippen LogP contribution in [0.2, 0.25) is 0 Å². The highest BCUT2D eigenvalue weighted by molar-refractivity contribution is 7.89. The summed E-state index contributed by atoms with van der Waals surface area (Å²) < 4.78 is 30.9. The fourth-order valence-corrected chi connectivity index (χ4v) is 2.91. The number of hydrogen-bond donors (Lipinski definition) is 3. The van der Waals surface area contributed by atoms with Crippen molar-refractivity contribution in [1.29, 1.82) is 5.41 Å². The first kappa shape index (κ1) is 13.4. The molecule has 0 bridgehead atoms. The standard InChI is InChI=1S/C9H19N3O3S/c10-9(11)4-1-5-12-16(13,14)7-8-3-2-6-15-8/h8,12H,1-7H2,(H3,10,11). The zero-order valence-corrected chi connectivity index (χ0v) is 10.1. The molecule has 0 radical (unpaired) electrons. The van der Waals surface area contributed by atoms with Crippen LogP contribution in [0.1, 0.15) is 25.7 Å². The summed E-state index contributed by atoms with van der Waals surface area (Å²) in [6, 6.07) is 0. The third kappa shape index (κ3) is 5.43. The molecule has 0 aliphatic carbocycles. The number of amidine groups is 1. The molecule has 0 spiro atoms. The van der Waals surface area contributed by atoms with E-state index in [1.54, 1.807) is 0 Å². The molecule has 94 valence electrons. The second-order valence-electron chi connectivity index (χ2n) is 3.94. The Morgan fingerprint density at radius 2 is 2.31 bits per heavy atom. The first-order chi connectivity index (χ1) is 7.49. The topological polar surface area (TPSA) is 105 Å². The van der Waals surface area contributed by atoms with Gasteiger partial charge in [0.15, 0.2) is 0 Å². The Bertz CT molecular complexity index is 323. The van der Waals surface area contributed by atoms with E-state index in [0.717, 1.165) is 12.8 Å². The molecule has 0 aromatic rings. The Morgan fingerprint density at radius 1 is 1.56 bits per heavy atom. The number of nitrogens with two attached hydrogens (primary N) is 1. The van der Waals surface area contributed by atoms with E-state index < -0.39 is 10.0 Å². The van der Waals surface area contributed by atoms with Gasteiger partial charge in [0.1, 0.15) is 0 Å². The Labute approximate surface area is 96.1 Å². The lowest BCUT2D eigenvalue weighted by molar-refractivity contribution is 0.127. The largest absolute Gasteiger partial charge is 0.388 e. The van der Waals surface area contributed by atoms with Gasteiger partial charge in [0.05, 0.1) is 17.7 Å². The van der Waals surface area contributed by atoms with Crippen LogP contribution < -0.4 is 10.5 Å². The van der Waals surface area contributed by atoms with Crippen LogP contribution in [0, 0.1) is 5.41 Å². The molecule has 1 aliphatic rings. The fraction of sp³-hybridized carbons (Fsp3) is 0.889. The second-order valence-corrected chi connectivity index (χ2v) is 5.79. The van der Waals surface area contributed by atoms with E-state index in [-0.39, 0.29) is 17.7 Å². The van der Waals surface area contributed by atoms with E-state index >= 15 is 0 Å². The Balaban J connectivity index is 2.20. The minimum Gasteiger partial charge on any atom is -0.388 e. The monoisotopic (exact) mass is 249 g/mol. The third-order valence-corrected chi connectivity index (χ3v) is 3.83. The van der Waals surface area contributed by atoms with Gasteiger partial charge in [0.2, 0.25) is 10.0 Å². The predicted molar refractivity (Wildman–Crippen MR) is 61.9 cm³/mol. The summed E-state index contributed by atoms with van der Waals surface area (Å²) in [5.74, 6) is 0.117. The van der Waals surface area contributed by atoms with Crippen LogP contribution in [0.5, 0.6) is 0 Å². The molecule has 1 rings (SSSR count). The SMILES string of the molecule is N=C(N)CCCNS(=O)(=O)CC1CCCO1. The third-order valence-electron chi connectivity index (χ3n) is 2.37. The molecule has 0 amide bonds. The first-order valence-corrected chi connectivity index (χ1v) is 7.07. The molecule has 0 aromatic heterocycles. The summed E-state index contributed by atoms with van der Waals surface area (Å²) in [4.78, 5) is 0. The summed E-state index contributed by atoms with van der Waals surface area (Å²) in [6.07, 6.45) is 2.56. The van der Waals surface area contributed by atoms with Gasteiger partial charge in [-0.05, 0) is 19.3 Å². The lowest BCUT2D eigenvalue weighted by Crippen LogP contribution is -2.32. The van der Waals surface area contributed by atoms with Crippen LogP contribution in [-0.2, 0) is 14.8 Å². The van der Waals surface area contributed by atoms with Crippen molar-refractivity contribution in [2.45, 2.75) is 31.8 Å². The zero-order chi connectivity index (χ0) is 12.0. The number of ether oxygens (including phenoxy) is 1. The van der Waals surface area contributed by atoms with Crippen molar-refractivity contribution in [3.05, 3.63) is 0 Å². The molecule has 0 saturated carbocycles. The highest BCUT2D eigenvalue weighted by atomic mass is 32.2. The van der Waals surface area contributed by atoms with Gasteiger partial charge in [-0.1, -0.05) is 0 Å². The highest BCUT2D eigenvalue weighted by Gasteiger charge is 2.22. The van der Waals surface area contributed by atoms with Crippen LogP contribution in [0.4, 0.5) is 0 Å². The van der Waals surface area contributed by atoms with Gasteiger partial charge in [-0.25, -0.2) is 13.1 Å². The number of nitrogens with one attached hydrogen (secondary N) is 2. The predicted octanol–water partition coefficient (Wildman–Crippen LogP) is -0.199. The summed E-state index contributed by atoms with van der Waals surface area (Å²) in [5, 5.41) is 6.99. The Morgan fingerprint density at radius 3 is 2.88 bits per heavy atom. The van der Waals surface area contributed by atoms with Crippen molar-refractivity contribution in [1.82, 2.24) is 4.72 Å². The Kier molecular flexibility index (Phi) is 5.17. The van der Waals surface area contributed by atoms with E-state index in [0.29, 0.717) is 26.0 Å². The maximum absolute atomic E-state index is 11.6. The zero-order valence-electron chi connectivity index (χ0n) is 9.24. The fourth-order valence-electron chi connectivity index (χ4n) is 1.59. The Hall–Kier alpha value is -0.660. The molecule has 1 unspecified atom stereocenters. The van der Waals surface area contributed by atoms with Gasteiger partial charge in [0, 0.05) is 19.6 Å². The average molecular weight is 249 g/mol. The molecule has 7 heteroatoms. The lowest BCUT2D eigenvalue weighted by Gasteiger charge is -2.10. The molecule has 1 heterocycles. The van der Waals surface area contributed by atoms with Crippen molar-refractivity contribution in [3.63, 3.8) is 0 Å². The molecule has 1 atom stereocenters. The van der Waals surface area contributed by atoms with Crippen molar-refractivity contribution < 1.29 is 13.2 Å². The van der Waals surface area contributed by atoms with Crippen molar-refractivity contribution in [3.8, 4) is 0 Å². The minimum absolute atomic E-state index is 0.0348. The van der Waals surface area contributed by atoms with E-state index in [2.05, 4.69) is 4.72 Å².